The summed E-state index contributed by atoms with van der Waals surface area (Å²) in [4.78, 5) is 4.18. The maximum absolute atomic E-state index is 12.0. The molecule has 0 aliphatic carbocycles. The minimum absolute atomic E-state index is 0.0838. The summed E-state index contributed by atoms with van der Waals surface area (Å²) in [5.41, 5.74) is 0. The van der Waals surface area contributed by atoms with Gasteiger partial charge in [0.2, 0.25) is 0 Å². The van der Waals surface area contributed by atoms with Crippen LogP contribution in [-0.4, -0.2) is 51.4 Å². The van der Waals surface area contributed by atoms with Crippen LogP contribution in [0.3, 0.4) is 0 Å². The van der Waals surface area contributed by atoms with Gasteiger partial charge in [-0.25, -0.2) is 9.71 Å². The molecule has 0 saturated carbocycles. The van der Waals surface area contributed by atoms with Crippen molar-refractivity contribution < 1.29 is 8.42 Å². The van der Waals surface area contributed by atoms with Gasteiger partial charge in [-0.1, -0.05) is 6.92 Å². The highest BCUT2D eigenvalue weighted by Crippen LogP contribution is 2.16. The number of nitrogens with one attached hydrogen (secondary N) is 2. The van der Waals surface area contributed by atoms with Crippen LogP contribution in [0.2, 0.25) is 0 Å². The first-order valence-corrected chi connectivity index (χ1v) is 8.54. The average molecular weight is 306 g/mol. The number of rotatable bonds is 9. The molecule has 6 nitrogen and oxygen atoms in total. The fourth-order valence-electron chi connectivity index (χ4n) is 1.50. The van der Waals surface area contributed by atoms with Crippen molar-refractivity contribution in [2.45, 2.75) is 19.3 Å². The third-order valence-electron chi connectivity index (χ3n) is 2.76. The van der Waals surface area contributed by atoms with E-state index >= 15 is 0 Å². The van der Waals surface area contributed by atoms with E-state index in [9.17, 15) is 8.42 Å². The van der Waals surface area contributed by atoms with E-state index in [0.717, 1.165) is 18.0 Å². The van der Waals surface area contributed by atoms with Crippen LogP contribution in [0.1, 0.15) is 24.3 Å². The first-order valence-electron chi connectivity index (χ1n) is 6.22. The van der Waals surface area contributed by atoms with Gasteiger partial charge in [0.25, 0.3) is 10.2 Å². The van der Waals surface area contributed by atoms with Crippen LogP contribution in [0, 0.1) is 0 Å². The second-order valence-electron chi connectivity index (χ2n) is 4.40. The van der Waals surface area contributed by atoms with Crippen molar-refractivity contribution in [3.05, 3.63) is 16.6 Å². The highest BCUT2D eigenvalue weighted by atomic mass is 32.2. The van der Waals surface area contributed by atoms with Gasteiger partial charge in [0.1, 0.15) is 0 Å². The first-order chi connectivity index (χ1) is 8.97. The lowest BCUT2D eigenvalue weighted by atomic mass is 10.2. The fraction of sp³-hybridized carbons (Fsp3) is 0.727. The van der Waals surface area contributed by atoms with Crippen molar-refractivity contribution in [1.82, 2.24) is 19.3 Å². The first kappa shape index (κ1) is 16.5. The molecule has 1 rings (SSSR count). The molecule has 1 aromatic rings. The molecule has 0 radical (unpaired) electrons. The summed E-state index contributed by atoms with van der Waals surface area (Å²) in [6.45, 7) is 3.63. The predicted octanol–water partition coefficient (Wildman–Crippen LogP) is 0.622. The van der Waals surface area contributed by atoms with Crippen LogP contribution < -0.4 is 10.0 Å². The molecule has 1 atom stereocenters. The predicted molar refractivity (Wildman–Crippen MR) is 78.6 cm³/mol. The Labute approximate surface area is 119 Å². The molecule has 0 aliphatic rings. The molecule has 1 unspecified atom stereocenters. The minimum Gasteiger partial charge on any atom is -0.320 e. The Hall–Kier alpha value is -0.540. The lowest BCUT2D eigenvalue weighted by molar-refractivity contribution is 0.446. The van der Waals surface area contributed by atoms with E-state index in [1.165, 1.54) is 15.6 Å². The van der Waals surface area contributed by atoms with Gasteiger partial charge in [-0.3, -0.25) is 0 Å². The van der Waals surface area contributed by atoms with E-state index in [0.29, 0.717) is 13.1 Å². The third kappa shape index (κ3) is 5.53. The Morgan fingerprint density at radius 2 is 2.26 bits per heavy atom. The zero-order chi connectivity index (χ0) is 14.3. The third-order valence-corrected chi connectivity index (χ3v) is 5.30. The topological polar surface area (TPSA) is 74.3 Å². The minimum atomic E-state index is -3.39. The van der Waals surface area contributed by atoms with Crippen molar-refractivity contribution >= 4 is 21.5 Å². The smallest absolute Gasteiger partial charge is 0.279 e. The molecule has 2 N–H and O–H groups in total. The monoisotopic (exact) mass is 306 g/mol. The summed E-state index contributed by atoms with van der Waals surface area (Å²) < 4.78 is 27.9. The van der Waals surface area contributed by atoms with Crippen molar-refractivity contribution in [1.29, 1.82) is 0 Å². The Bertz CT molecular complexity index is 447. The van der Waals surface area contributed by atoms with Gasteiger partial charge in [0.05, 0.1) is 5.01 Å². The summed E-state index contributed by atoms with van der Waals surface area (Å²) in [7, 11) is 0.0445. The van der Waals surface area contributed by atoms with Crippen LogP contribution in [-0.2, 0) is 10.2 Å². The molecule has 110 valence electrons. The summed E-state index contributed by atoms with van der Waals surface area (Å²) >= 11 is 1.54. The van der Waals surface area contributed by atoms with Gasteiger partial charge in [-0.2, -0.15) is 12.7 Å². The van der Waals surface area contributed by atoms with Crippen molar-refractivity contribution in [2.24, 2.45) is 0 Å². The van der Waals surface area contributed by atoms with Gasteiger partial charge in [-0.05, 0) is 20.0 Å². The summed E-state index contributed by atoms with van der Waals surface area (Å²) in [6.07, 6.45) is 2.52. The standard InChI is InChI=1S/C11H22N4O2S2/c1-10(11-13-6-8-18-11)9-14-19(16,17)15(3)7-4-5-12-2/h6,8,10,12,14H,4-5,7,9H2,1-3H3. The number of aromatic nitrogens is 1. The Balaban J connectivity index is 2.41. The van der Waals surface area contributed by atoms with E-state index in [4.69, 9.17) is 0 Å². The van der Waals surface area contributed by atoms with E-state index in [1.54, 1.807) is 13.2 Å². The largest absolute Gasteiger partial charge is 0.320 e. The lowest BCUT2D eigenvalue weighted by Gasteiger charge is -2.18. The van der Waals surface area contributed by atoms with E-state index in [1.807, 2.05) is 19.4 Å². The maximum Gasteiger partial charge on any atom is 0.279 e. The Kier molecular flexibility index (Phi) is 6.87. The van der Waals surface area contributed by atoms with Crippen LogP contribution in [0.15, 0.2) is 11.6 Å². The molecule has 1 heterocycles. The highest BCUT2D eigenvalue weighted by Gasteiger charge is 2.18. The molecule has 0 aliphatic heterocycles. The fourth-order valence-corrected chi connectivity index (χ4v) is 3.25. The van der Waals surface area contributed by atoms with Crippen molar-refractivity contribution in [3.63, 3.8) is 0 Å². The number of hydrogen-bond acceptors (Lipinski definition) is 5. The molecule has 8 heteroatoms. The normalized spacial score (nSPS) is 13.9. The molecule has 1 aromatic heterocycles. The average Bonchev–Trinajstić information content (AvgIpc) is 2.90. The van der Waals surface area contributed by atoms with Crippen LogP contribution >= 0.6 is 11.3 Å². The van der Waals surface area contributed by atoms with Crippen molar-refractivity contribution in [2.75, 3.05) is 33.7 Å². The van der Waals surface area contributed by atoms with Gasteiger partial charge in [0.15, 0.2) is 0 Å². The molecular weight excluding hydrogens is 284 g/mol. The lowest BCUT2D eigenvalue weighted by Crippen LogP contribution is -2.40. The maximum atomic E-state index is 12.0. The van der Waals surface area contributed by atoms with Crippen molar-refractivity contribution in [3.8, 4) is 0 Å². The quantitative estimate of drug-likeness (QED) is 0.656. The zero-order valence-corrected chi connectivity index (χ0v) is 13.2. The van der Waals surface area contributed by atoms with E-state index in [-0.39, 0.29) is 5.92 Å². The van der Waals surface area contributed by atoms with E-state index in [2.05, 4.69) is 15.0 Å². The Morgan fingerprint density at radius 3 is 2.84 bits per heavy atom. The van der Waals surface area contributed by atoms with E-state index < -0.39 is 10.2 Å². The molecule has 19 heavy (non-hydrogen) atoms. The zero-order valence-electron chi connectivity index (χ0n) is 11.6. The molecule has 0 bridgehead atoms. The van der Waals surface area contributed by atoms with Gasteiger partial charge in [0, 0.05) is 37.6 Å². The number of hydrogen-bond donors (Lipinski definition) is 2. The summed E-state index contributed by atoms with van der Waals surface area (Å²) in [5, 5.41) is 5.83. The molecule has 0 spiro atoms. The SMILES string of the molecule is CNCCCN(C)S(=O)(=O)NCC(C)c1nccs1. The van der Waals surface area contributed by atoms with Gasteiger partial charge >= 0.3 is 0 Å². The van der Waals surface area contributed by atoms with Gasteiger partial charge in [-0.15, -0.1) is 11.3 Å². The second kappa shape index (κ2) is 7.91. The van der Waals surface area contributed by atoms with Crippen LogP contribution in [0.5, 0.6) is 0 Å². The summed E-state index contributed by atoms with van der Waals surface area (Å²) in [6, 6.07) is 0. The highest BCUT2D eigenvalue weighted by molar-refractivity contribution is 7.87. The molecule has 0 fully saturated rings. The molecule has 0 amide bonds. The second-order valence-corrected chi connectivity index (χ2v) is 7.19. The Morgan fingerprint density at radius 1 is 1.53 bits per heavy atom. The van der Waals surface area contributed by atoms with Crippen LogP contribution in [0.4, 0.5) is 0 Å². The summed E-state index contributed by atoms with van der Waals surface area (Å²) in [5.74, 6) is 0.0838. The number of thiazole rings is 1. The molecule has 0 aromatic carbocycles. The molecular formula is C11H22N4O2S2. The molecule has 0 saturated heterocycles. The van der Waals surface area contributed by atoms with Crippen LogP contribution in [0.25, 0.3) is 0 Å². The van der Waals surface area contributed by atoms with Gasteiger partial charge < -0.3 is 5.32 Å². The number of nitrogens with zero attached hydrogens (tertiary/aromatic N) is 2.